The summed E-state index contributed by atoms with van der Waals surface area (Å²) in [5.41, 5.74) is 5.35. The number of benzene rings is 1. The van der Waals surface area contributed by atoms with E-state index in [1.807, 2.05) is 6.07 Å². The second kappa shape index (κ2) is 6.86. The molecule has 0 aliphatic carbocycles. The lowest BCUT2D eigenvalue weighted by molar-refractivity contribution is -0.900. The van der Waals surface area contributed by atoms with Crippen LogP contribution in [0, 0.1) is 0 Å². The van der Waals surface area contributed by atoms with E-state index in [0.29, 0.717) is 25.3 Å². The van der Waals surface area contributed by atoms with Gasteiger partial charge in [0.25, 0.3) is 11.8 Å². The zero-order valence-electron chi connectivity index (χ0n) is 10.6. The third kappa shape index (κ3) is 4.35. The summed E-state index contributed by atoms with van der Waals surface area (Å²) in [4.78, 5) is 24.5. The van der Waals surface area contributed by atoms with Crippen molar-refractivity contribution in [2.24, 2.45) is 0 Å². The van der Waals surface area contributed by atoms with E-state index < -0.39 is 0 Å². The highest BCUT2D eigenvalue weighted by atomic mass is 16.5. The topological polar surface area (TPSA) is 71.9 Å². The first-order valence-corrected chi connectivity index (χ1v) is 6.31. The Bertz CT molecular complexity index is 430. The molecule has 102 valence electrons. The minimum atomic E-state index is -0.314. The molecule has 1 heterocycles. The van der Waals surface area contributed by atoms with Gasteiger partial charge in [0.05, 0.1) is 13.2 Å². The largest absolute Gasteiger partial charge is 0.370 e. The van der Waals surface area contributed by atoms with Crippen molar-refractivity contribution in [1.29, 1.82) is 0 Å². The number of hydrazine groups is 1. The van der Waals surface area contributed by atoms with Gasteiger partial charge in [-0.1, -0.05) is 18.2 Å². The van der Waals surface area contributed by atoms with Crippen molar-refractivity contribution < 1.29 is 19.2 Å². The first-order chi connectivity index (χ1) is 9.25. The van der Waals surface area contributed by atoms with Gasteiger partial charge in [-0.3, -0.25) is 20.4 Å². The molecule has 1 aliphatic heterocycles. The van der Waals surface area contributed by atoms with Crippen LogP contribution in [0.1, 0.15) is 10.4 Å². The summed E-state index contributed by atoms with van der Waals surface area (Å²) in [6.07, 6.45) is 0. The fourth-order valence-electron chi connectivity index (χ4n) is 1.90. The molecule has 6 heteroatoms. The van der Waals surface area contributed by atoms with Crippen LogP contribution in [-0.2, 0) is 9.53 Å². The molecule has 1 fully saturated rings. The van der Waals surface area contributed by atoms with Crippen molar-refractivity contribution in [3.8, 4) is 0 Å². The maximum Gasteiger partial charge on any atom is 0.293 e. The number of carbonyl (C=O) groups is 2. The van der Waals surface area contributed by atoms with Crippen LogP contribution in [0.4, 0.5) is 0 Å². The molecule has 2 amide bonds. The molecule has 0 bridgehead atoms. The summed E-state index contributed by atoms with van der Waals surface area (Å²) in [6, 6.07) is 8.75. The van der Waals surface area contributed by atoms with Crippen molar-refractivity contribution in [2.75, 3.05) is 32.8 Å². The van der Waals surface area contributed by atoms with Crippen LogP contribution in [0.5, 0.6) is 0 Å². The number of quaternary nitrogens is 1. The van der Waals surface area contributed by atoms with Crippen molar-refractivity contribution >= 4 is 11.8 Å². The molecule has 0 aromatic heterocycles. The summed E-state index contributed by atoms with van der Waals surface area (Å²) in [6.45, 7) is 3.34. The van der Waals surface area contributed by atoms with Gasteiger partial charge in [-0.05, 0) is 12.1 Å². The van der Waals surface area contributed by atoms with E-state index in [0.717, 1.165) is 18.0 Å². The van der Waals surface area contributed by atoms with Gasteiger partial charge in [0.2, 0.25) is 0 Å². The minimum Gasteiger partial charge on any atom is -0.370 e. The minimum absolute atomic E-state index is 0.193. The summed E-state index contributed by atoms with van der Waals surface area (Å²) in [7, 11) is 0. The van der Waals surface area contributed by atoms with Gasteiger partial charge < -0.3 is 9.64 Å². The Hall–Kier alpha value is -1.92. The highest BCUT2D eigenvalue weighted by Gasteiger charge is 2.17. The monoisotopic (exact) mass is 264 g/mol. The molecule has 0 spiro atoms. The Kier molecular flexibility index (Phi) is 4.88. The van der Waals surface area contributed by atoms with E-state index in [-0.39, 0.29) is 11.8 Å². The predicted octanol–water partition coefficient (Wildman–Crippen LogP) is -1.64. The smallest absolute Gasteiger partial charge is 0.293 e. The number of hydrogen-bond acceptors (Lipinski definition) is 3. The summed E-state index contributed by atoms with van der Waals surface area (Å²) in [5, 5.41) is 0. The normalized spacial score (nSPS) is 15.8. The lowest BCUT2D eigenvalue weighted by atomic mass is 10.2. The number of nitrogens with one attached hydrogen (secondary N) is 3. The average molecular weight is 264 g/mol. The number of ether oxygens (including phenoxy) is 1. The Labute approximate surface area is 111 Å². The first kappa shape index (κ1) is 13.5. The number of hydrogen-bond donors (Lipinski definition) is 3. The van der Waals surface area contributed by atoms with Crippen LogP contribution in [0.3, 0.4) is 0 Å². The molecule has 1 saturated heterocycles. The van der Waals surface area contributed by atoms with Crippen molar-refractivity contribution in [2.45, 2.75) is 0 Å². The zero-order valence-corrected chi connectivity index (χ0v) is 10.6. The highest BCUT2D eigenvalue weighted by Crippen LogP contribution is 1.96. The molecule has 1 aromatic carbocycles. The molecule has 0 radical (unpaired) electrons. The molecule has 2 rings (SSSR count). The van der Waals surface area contributed by atoms with Crippen LogP contribution in [0.2, 0.25) is 0 Å². The van der Waals surface area contributed by atoms with Gasteiger partial charge in [-0.15, -0.1) is 0 Å². The molecular weight excluding hydrogens is 246 g/mol. The third-order valence-electron chi connectivity index (χ3n) is 2.96. The van der Waals surface area contributed by atoms with E-state index in [9.17, 15) is 9.59 Å². The molecule has 1 aliphatic rings. The van der Waals surface area contributed by atoms with Crippen LogP contribution < -0.4 is 15.8 Å². The quantitative estimate of drug-likeness (QED) is 0.574. The van der Waals surface area contributed by atoms with Crippen molar-refractivity contribution in [1.82, 2.24) is 10.9 Å². The third-order valence-corrected chi connectivity index (χ3v) is 2.96. The van der Waals surface area contributed by atoms with Gasteiger partial charge in [-0.2, -0.15) is 0 Å². The van der Waals surface area contributed by atoms with Crippen LogP contribution in [-0.4, -0.2) is 44.7 Å². The van der Waals surface area contributed by atoms with E-state index in [2.05, 4.69) is 10.9 Å². The first-order valence-electron chi connectivity index (χ1n) is 6.31. The number of morpholine rings is 1. The highest BCUT2D eigenvalue weighted by molar-refractivity contribution is 5.95. The van der Waals surface area contributed by atoms with Gasteiger partial charge >= 0.3 is 0 Å². The van der Waals surface area contributed by atoms with Crippen molar-refractivity contribution in [3.05, 3.63) is 35.9 Å². The number of amides is 2. The van der Waals surface area contributed by atoms with Crippen LogP contribution in [0.25, 0.3) is 0 Å². The average Bonchev–Trinajstić information content (AvgIpc) is 2.47. The summed E-state index contributed by atoms with van der Waals surface area (Å²) in [5.74, 6) is -0.507. The van der Waals surface area contributed by atoms with Gasteiger partial charge in [-0.25, -0.2) is 0 Å². The fraction of sp³-hybridized carbons (Fsp3) is 0.385. The summed E-state index contributed by atoms with van der Waals surface area (Å²) >= 11 is 0. The molecular formula is C13H18N3O3+. The SMILES string of the molecule is O=C(C[NH+]1CCOCC1)NNC(=O)c1ccccc1. The van der Waals surface area contributed by atoms with Gasteiger partial charge in [0.15, 0.2) is 6.54 Å². The summed E-state index contributed by atoms with van der Waals surface area (Å²) < 4.78 is 5.22. The Morgan fingerprint density at radius 2 is 1.79 bits per heavy atom. The van der Waals surface area contributed by atoms with E-state index >= 15 is 0 Å². The second-order valence-corrected chi connectivity index (χ2v) is 4.41. The maximum atomic E-state index is 11.7. The Balaban J connectivity index is 1.72. The zero-order chi connectivity index (χ0) is 13.5. The molecule has 3 N–H and O–H groups in total. The molecule has 0 saturated carbocycles. The van der Waals surface area contributed by atoms with Gasteiger partial charge in [0.1, 0.15) is 13.1 Å². The molecule has 1 aromatic rings. The molecule has 0 atom stereocenters. The molecule has 6 nitrogen and oxygen atoms in total. The van der Waals surface area contributed by atoms with E-state index in [1.54, 1.807) is 24.3 Å². The molecule has 0 unspecified atom stereocenters. The standard InChI is InChI=1S/C13H17N3O3/c17-12(10-16-6-8-19-9-7-16)14-15-13(18)11-4-2-1-3-5-11/h1-5H,6-10H2,(H,14,17)(H,15,18)/p+1. The molecule has 19 heavy (non-hydrogen) atoms. The predicted molar refractivity (Wildman–Crippen MR) is 68.4 cm³/mol. The van der Waals surface area contributed by atoms with E-state index in [1.165, 1.54) is 0 Å². The number of carbonyl (C=O) groups excluding carboxylic acids is 2. The van der Waals surface area contributed by atoms with Gasteiger partial charge in [0, 0.05) is 5.56 Å². The second-order valence-electron chi connectivity index (χ2n) is 4.41. The Morgan fingerprint density at radius 3 is 2.47 bits per heavy atom. The number of rotatable bonds is 3. The Morgan fingerprint density at radius 1 is 1.11 bits per heavy atom. The maximum absolute atomic E-state index is 11.7. The van der Waals surface area contributed by atoms with E-state index in [4.69, 9.17) is 4.74 Å². The lowest BCUT2D eigenvalue weighted by Gasteiger charge is -2.23. The van der Waals surface area contributed by atoms with Crippen molar-refractivity contribution in [3.63, 3.8) is 0 Å². The van der Waals surface area contributed by atoms with Crippen LogP contribution >= 0.6 is 0 Å². The fourth-order valence-corrected chi connectivity index (χ4v) is 1.90. The van der Waals surface area contributed by atoms with Crippen LogP contribution in [0.15, 0.2) is 30.3 Å². The lowest BCUT2D eigenvalue weighted by Crippen LogP contribution is -3.15.